The topological polar surface area (TPSA) is 91.5 Å². The molecular weight excluding hydrogens is 480 g/mol. The lowest BCUT2D eigenvalue weighted by molar-refractivity contribution is 0.129. The Hall–Kier alpha value is -3.66. The van der Waals surface area contributed by atoms with Gasteiger partial charge in [-0.1, -0.05) is 6.07 Å². The van der Waals surface area contributed by atoms with Crippen LogP contribution in [0.4, 0.5) is 19.3 Å². The molecule has 0 radical (unpaired) electrons. The number of anilines is 1. The summed E-state index contributed by atoms with van der Waals surface area (Å²) in [6.45, 7) is 1.58. The van der Waals surface area contributed by atoms with Crippen molar-refractivity contribution in [3.05, 3.63) is 71.8 Å². The van der Waals surface area contributed by atoms with Crippen LogP contribution in [0.1, 0.15) is 37.1 Å². The van der Waals surface area contributed by atoms with E-state index in [1.165, 1.54) is 11.6 Å². The van der Waals surface area contributed by atoms with E-state index in [1.807, 2.05) is 12.3 Å². The monoisotopic (exact) mass is 511 g/mol. The number of rotatable bonds is 7. The minimum Gasteiger partial charge on any atom is -0.493 e. The normalized spacial score (nSPS) is 23.4. The second-order valence-electron chi connectivity index (χ2n) is 9.70. The van der Waals surface area contributed by atoms with Gasteiger partial charge in [-0.2, -0.15) is 0 Å². The highest BCUT2D eigenvalue weighted by Crippen LogP contribution is 2.50. The van der Waals surface area contributed by atoms with Crippen molar-refractivity contribution < 1.29 is 23.0 Å². The average molecular weight is 512 g/mol. The summed E-state index contributed by atoms with van der Waals surface area (Å²) in [4.78, 5) is 22.8. The fourth-order valence-corrected chi connectivity index (χ4v) is 5.95. The Bertz CT molecular complexity index is 1250. The highest BCUT2D eigenvalue weighted by molar-refractivity contribution is 5.89. The number of hydrogen-bond donors (Lipinski definition) is 3. The number of urea groups is 1. The fourth-order valence-electron chi connectivity index (χ4n) is 5.95. The smallest absolute Gasteiger partial charge is 0.319 e. The van der Waals surface area contributed by atoms with Crippen molar-refractivity contribution in [1.29, 1.82) is 0 Å². The lowest BCUT2D eigenvalue weighted by atomic mass is 9.65. The Labute approximate surface area is 214 Å². The number of likely N-dealkylation sites (tertiary alicyclic amines) is 1. The van der Waals surface area contributed by atoms with E-state index in [2.05, 4.69) is 37.6 Å². The molecule has 37 heavy (non-hydrogen) atoms. The number of carbonyl (C=O) groups excluding carboxylic acids is 1. The lowest BCUT2D eigenvalue weighted by Crippen LogP contribution is -2.52. The van der Waals surface area contributed by atoms with Crippen molar-refractivity contribution >= 4 is 11.7 Å². The Morgan fingerprint density at radius 2 is 1.97 bits per heavy atom. The predicted molar refractivity (Wildman–Crippen MR) is 135 cm³/mol. The molecule has 0 spiro atoms. The van der Waals surface area contributed by atoms with E-state index in [1.54, 1.807) is 20.4 Å². The standard InChI is InChI=1S/C27H31F2N5O3/c1-36-22-6-3-17(13-23(22)37-2)27-8-7-19(33-26(35)32-18-4-5-20(28)21(29)14-18)15-24(27)34(12-9-27)16-25-30-10-11-31-25/h3-6,10-11,13-14,19,24H,7-9,12,15-16H2,1-2H3,(H,30,31)(H2,32,33,35). The van der Waals surface area contributed by atoms with Crippen molar-refractivity contribution in [3.8, 4) is 11.5 Å². The molecule has 1 saturated carbocycles. The molecule has 3 unspecified atom stereocenters. The van der Waals surface area contributed by atoms with Gasteiger partial charge >= 0.3 is 6.03 Å². The molecule has 10 heteroatoms. The number of imidazole rings is 1. The van der Waals surface area contributed by atoms with Gasteiger partial charge in [-0.25, -0.2) is 18.6 Å². The number of fused-ring (bicyclic) bond motifs is 1. The Kier molecular flexibility index (Phi) is 7.01. The third kappa shape index (κ3) is 4.98. The highest BCUT2D eigenvalue weighted by Gasteiger charge is 2.51. The first-order valence-electron chi connectivity index (χ1n) is 12.4. The van der Waals surface area contributed by atoms with Gasteiger partial charge < -0.3 is 25.1 Å². The van der Waals surface area contributed by atoms with Crippen LogP contribution in [0.5, 0.6) is 11.5 Å². The Balaban J connectivity index is 1.36. The van der Waals surface area contributed by atoms with Crippen molar-refractivity contribution in [3.63, 3.8) is 0 Å². The SMILES string of the molecule is COc1ccc(C23CCC(NC(=O)Nc4ccc(F)c(F)c4)CC2N(Cc2ncc[nH]2)CC3)cc1OC. The van der Waals surface area contributed by atoms with E-state index in [4.69, 9.17) is 9.47 Å². The van der Waals surface area contributed by atoms with Crippen molar-refractivity contribution in [1.82, 2.24) is 20.2 Å². The maximum absolute atomic E-state index is 13.6. The number of amides is 2. The third-order valence-electron chi connectivity index (χ3n) is 7.75. The number of ether oxygens (including phenoxy) is 2. The molecule has 2 amide bonds. The Morgan fingerprint density at radius 1 is 1.14 bits per heavy atom. The highest BCUT2D eigenvalue weighted by atomic mass is 19.2. The number of aromatic nitrogens is 2. The molecule has 3 aromatic rings. The molecule has 2 fully saturated rings. The van der Waals surface area contributed by atoms with E-state index in [-0.39, 0.29) is 23.2 Å². The molecule has 1 aliphatic carbocycles. The number of hydrogen-bond acceptors (Lipinski definition) is 5. The number of methoxy groups -OCH3 is 2. The zero-order valence-electron chi connectivity index (χ0n) is 20.9. The van der Waals surface area contributed by atoms with Gasteiger partial charge in [-0.15, -0.1) is 0 Å². The van der Waals surface area contributed by atoms with Gasteiger partial charge in [0.15, 0.2) is 23.1 Å². The van der Waals surface area contributed by atoms with E-state index < -0.39 is 17.7 Å². The third-order valence-corrected chi connectivity index (χ3v) is 7.75. The average Bonchev–Trinajstić information content (AvgIpc) is 3.55. The zero-order valence-corrected chi connectivity index (χ0v) is 20.9. The van der Waals surface area contributed by atoms with Gasteiger partial charge in [-0.3, -0.25) is 4.90 Å². The molecule has 2 aromatic carbocycles. The molecule has 1 saturated heterocycles. The molecule has 2 aliphatic rings. The molecule has 1 aliphatic heterocycles. The predicted octanol–water partition coefficient (Wildman–Crippen LogP) is 4.59. The first kappa shape index (κ1) is 25.0. The van der Waals surface area contributed by atoms with Crippen LogP contribution in [-0.4, -0.2) is 53.7 Å². The van der Waals surface area contributed by atoms with Gasteiger partial charge in [0.2, 0.25) is 0 Å². The molecule has 3 N–H and O–H groups in total. The van der Waals surface area contributed by atoms with E-state index in [0.29, 0.717) is 18.0 Å². The summed E-state index contributed by atoms with van der Waals surface area (Å²) < 4.78 is 37.9. The summed E-state index contributed by atoms with van der Waals surface area (Å²) in [7, 11) is 3.27. The number of halogens is 2. The first-order chi connectivity index (χ1) is 17.9. The molecule has 3 atom stereocenters. The second kappa shape index (κ2) is 10.4. The lowest BCUT2D eigenvalue weighted by Gasteiger charge is -2.45. The number of H-pyrrole nitrogens is 1. The fraction of sp³-hybridized carbons (Fsp3) is 0.407. The van der Waals surface area contributed by atoms with Crippen molar-refractivity contribution in [2.75, 3.05) is 26.1 Å². The second-order valence-corrected chi connectivity index (χ2v) is 9.70. The van der Waals surface area contributed by atoms with Crippen LogP contribution in [0.15, 0.2) is 48.8 Å². The zero-order chi connectivity index (χ0) is 26.0. The molecule has 196 valence electrons. The molecule has 5 rings (SSSR count). The van der Waals surface area contributed by atoms with Gasteiger partial charge in [0.25, 0.3) is 0 Å². The van der Waals surface area contributed by atoms with Crippen LogP contribution in [0, 0.1) is 11.6 Å². The first-order valence-corrected chi connectivity index (χ1v) is 12.4. The van der Waals surface area contributed by atoms with Crippen LogP contribution in [0.3, 0.4) is 0 Å². The van der Waals surface area contributed by atoms with Crippen molar-refractivity contribution in [2.45, 2.75) is 49.7 Å². The van der Waals surface area contributed by atoms with Crippen LogP contribution in [-0.2, 0) is 12.0 Å². The maximum Gasteiger partial charge on any atom is 0.319 e. The van der Waals surface area contributed by atoms with Gasteiger partial charge in [0, 0.05) is 41.6 Å². The number of benzene rings is 2. The van der Waals surface area contributed by atoms with E-state index in [9.17, 15) is 13.6 Å². The number of aromatic amines is 1. The summed E-state index contributed by atoms with van der Waals surface area (Å²) in [6, 6.07) is 9.08. The largest absolute Gasteiger partial charge is 0.493 e. The molecule has 8 nitrogen and oxygen atoms in total. The summed E-state index contributed by atoms with van der Waals surface area (Å²) >= 11 is 0. The van der Waals surface area contributed by atoms with E-state index >= 15 is 0 Å². The van der Waals surface area contributed by atoms with Crippen LogP contribution >= 0.6 is 0 Å². The summed E-state index contributed by atoms with van der Waals surface area (Å²) in [6.07, 6.45) is 6.94. The van der Waals surface area contributed by atoms with Crippen LogP contribution in [0.25, 0.3) is 0 Å². The van der Waals surface area contributed by atoms with Crippen LogP contribution < -0.4 is 20.1 Å². The summed E-state index contributed by atoms with van der Waals surface area (Å²) in [5, 5.41) is 5.66. The Morgan fingerprint density at radius 3 is 2.70 bits per heavy atom. The van der Waals surface area contributed by atoms with Gasteiger partial charge in [-0.05, 0) is 62.1 Å². The molecule has 2 heterocycles. The van der Waals surface area contributed by atoms with Gasteiger partial charge in [0.05, 0.1) is 20.8 Å². The number of carbonyl (C=O) groups is 1. The molecule has 1 aromatic heterocycles. The maximum atomic E-state index is 13.6. The van der Waals surface area contributed by atoms with Gasteiger partial charge in [0.1, 0.15) is 5.82 Å². The minimum atomic E-state index is -1.00. The molecule has 0 bridgehead atoms. The summed E-state index contributed by atoms with van der Waals surface area (Å²) in [5.41, 5.74) is 1.29. The number of nitrogens with zero attached hydrogens (tertiary/aromatic N) is 2. The quantitative estimate of drug-likeness (QED) is 0.432. The minimum absolute atomic E-state index is 0.0826. The van der Waals surface area contributed by atoms with Crippen molar-refractivity contribution in [2.24, 2.45) is 0 Å². The molecular formula is C27H31F2N5O3. The summed E-state index contributed by atoms with van der Waals surface area (Å²) in [5.74, 6) is 0.323. The van der Waals surface area contributed by atoms with E-state index in [0.717, 1.165) is 50.2 Å². The van der Waals surface area contributed by atoms with Crippen LogP contribution in [0.2, 0.25) is 0 Å². The number of nitrogens with one attached hydrogen (secondary N) is 3.